The van der Waals surface area contributed by atoms with Crippen LogP contribution in [0.5, 0.6) is 0 Å². The molecule has 138 valence electrons. The summed E-state index contributed by atoms with van der Waals surface area (Å²) in [6, 6.07) is 8.02. The molecule has 5 nitrogen and oxygen atoms in total. The smallest absolute Gasteiger partial charge is 0.336 e. The molecule has 6 heteroatoms. The summed E-state index contributed by atoms with van der Waals surface area (Å²) in [7, 11) is 2.83. The lowest BCUT2D eigenvalue weighted by atomic mass is 9.85. The summed E-state index contributed by atoms with van der Waals surface area (Å²) in [5, 5.41) is 3.23. The molecule has 0 bridgehead atoms. The Morgan fingerprint density at radius 2 is 1.92 bits per heavy atom. The zero-order valence-electron chi connectivity index (χ0n) is 15.2. The average Bonchev–Trinajstić information content (AvgIpc) is 2.62. The highest BCUT2D eigenvalue weighted by Crippen LogP contribution is 2.36. The molecule has 1 aromatic rings. The Kier molecular flexibility index (Phi) is 9.27. The van der Waals surface area contributed by atoms with Crippen LogP contribution < -0.4 is 5.32 Å². The Bertz CT molecular complexity index is 628. The number of hydrogen-bond donors (Lipinski definition) is 1. The number of ether oxygens (including phenoxy) is 2. The second kappa shape index (κ2) is 10.9. The third-order valence-electron chi connectivity index (χ3n) is 3.94. The molecule has 2 rings (SSSR count). The van der Waals surface area contributed by atoms with Crippen molar-refractivity contribution >= 4 is 27.9 Å². The van der Waals surface area contributed by atoms with Gasteiger partial charge in [0.15, 0.2) is 0 Å². The van der Waals surface area contributed by atoms with Crippen LogP contribution in [-0.4, -0.2) is 32.7 Å². The summed E-state index contributed by atoms with van der Waals surface area (Å²) in [6.07, 6.45) is 2.30. The summed E-state index contributed by atoms with van der Waals surface area (Å²) in [5.41, 5.74) is 2.78. The van der Waals surface area contributed by atoms with Crippen molar-refractivity contribution < 1.29 is 19.1 Å². The topological polar surface area (TPSA) is 64.6 Å². The van der Waals surface area contributed by atoms with E-state index in [2.05, 4.69) is 32.0 Å². The number of carbonyl (C=O) groups is 2. The number of allylic oxidation sites excluding steroid dienone is 1. The molecule has 1 heterocycles. The van der Waals surface area contributed by atoms with Crippen LogP contribution in [0.25, 0.3) is 0 Å². The maximum atomic E-state index is 11.9. The van der Waals surface area contributed by atoms with E-state index in [0.717, 1.165) is 40.7 Å². The summed E-state index contributed by atoms with van der Waals surface area (Å²) < 4.78 is 10.3. The Balaban J connectivity index is 0.000000381. The van der Waals surface area contributed by atoms with E-state index in [-0.39, 0.29) is 17.9 Å². The normalized spacial score (nSPS) is 16.3. The predicted octanol–water partition coefficient (Wildman–Crippen LogP) is 3.93. The standard InChI is InChI=1S/C14H16BrNO2.C5H10O2/c1-9-13(14(17)18-2)11(7-8-16-9)10-5-3-4-6-12(10)15;1-3-4-5(6)7-2/h3-6,11,16H,7-8H2,1-2H3;3-4H2,1-2H3. The first-order valence-corrected chi connectivity index (χ1v) is 9.09. The molecule has 0 aromatic heterocycles. The number of halogens is 1. The molecule has 1 aromatic carbocycles. The third kappa shape index (κ3) is 6.20. The molecule has 0 aliphatic carbocycles. The van der Waals surface area contributed by atoms with Gasteiger partial charge in [-0.25, -0.2) is 4.79 Å². The van der Waals surface area contributed by atoms with Crippen LogP contribution in [-0.2, 0) is 19.1 Å². The second-order valence-electron chi connectivity index (χ2n) is 5.65. The molecule has 0 spiro atoms. The Labute approximate surface area is 157 Å². The van der Waals surface area contributed by atoms with Crippen LogP contribution in [0.1, 0.15) is 44.6 Å². The first-order valence-electron chi connectivity index (χ1n) is 8.30. The number of carbonyl (C=O) groups excluding carboxylic acids is 2. The highest BCUT2D eigenvalue weighted by molar-refractivity contribution is 9.10. The third-order valence-corrected chi connectivity index (χ3v) is 4.67. The number of methoxy groups -OCH3 is 2. The fraction of sp³-hybridized carbons (Fsp3) is 0.474. The number of esters is 2. The molecule has 0 saturated carbocycles. The highest BCUT2D eigenvalue weighted by atomic mass is 79.9. The Hall–Kier alpha value is -1.82. The van der Waals surface area contributed by atoms with Crippen molar-refractivity contribution in [2.45, 2.75) is 39.0 Å². The molecule has 1 unspecified atom stereocenters. The van der Waals surface area contributed by atoms with Crippen molar-refractivity contribution in [1.29, 1.82) is 0 Å². The molecule has 0 fully saturated rings. The van der Waals surface area contributed by atoms with E-state index in [1.807, 2.05) is 32.0 Å². The quantitative estimate of drug-likeness (QED) is 0.760. The van der Waals surface area contributed by atoms with Crippen LogP contribution in [0.3, 0.4) is 0 Å². The predicted molar refractivity (Wildman–Crippen MR) is 101 cm³/mol. The number of nitrogens with one attached hydrogen (secondary N) is 1. The minimum Gasteiger partial charge on any atom is -0.469 e. The van der Waals surface area contributed by atoms with Crippen LogP contribution >= 0.6 is 15.9 Å². The maximum Gasteiger partial charge on any atom is 0.336 e. The molecule has 1 atom stereocenters. The van der Waals surface area contributed by atoms with E-state index in [9.17, 15) is 9.59 Å². The van der Waals surface area contributed by atoms with Gasteiger partial charge in [-0.1, -0.05) is 41.1 Å². The van der Waals surface area contributed by atoms with E-state index < -0.39 is 0 Å². The maximum absolute atomic E-state index is 11.9. The molecule has 0 saturated heterocycles. The Morgan fingerprint density at radius 3 is 2.44 bits per heavy atom. The summed E-state index contributed by atoms with van der Waals surface area (Å²) in [5.74, 6) is -0.280. The van der Waals surface area contributed by atoms with Gasteiger partial charge in [-0.2, -0.15) is 0 Å². The van der Waals surface area contributed by atoms with Gasteiger partial charge in [0, 0.05) is 29.1 Å². The zero-order valence-corrected chi connectivity index (χ0v) is 16.8. The average molecular weight is 412 g/mol. The molecular weight excluding hydrogens is 386 g/mol. The van der Waals surface area contributed by atoms with Gasteiger partial charge in [0.25, 0.3) is 0 Å². The van der Waals surface area contributed by atoms with Gasteiger partial charge in [0.2, 0.25) is 0 Å². The largest absolute Gasteiger partial charge is 0.469 e. The molecule has 0 radical (unpaired) electrons. The van der Waals surface area contributed by atoms with Gasteiger partial charge in [-0.15, -0.1) is 0 Å². The van der Waals surface area contributed by atoms with Gasteiger partial charge in [0.1, 0.15) is 0 Å². The lowest BCUT2D eigenvalue weighted by Crippen LogP contribution is -2.29. The van der Waals surface area contributed by atoms with Crippen molar-refractivity contribution in [2.24, 2.45) is 0 Å². The van der Waals surface area contributed by atoms with E-state index in [4.69, 9.17) is 4.74 Å². The summed E-state index contributed by atoms with van der Waals surface area (Å²) >= 11 is 3.56. The van der Waals surface area contributed by atoms with Crippen molar-refractivity contribution in [3.63, 3.8) is 0 Å². The SMILES string of the molecule is CCCC(=O)OC.COC(=O)C1=C(C)NCCC1c1ccccc1Br. The van der Waals surface area contributed by atoms with Crippen molar-refractivity contribution in [1.82, 2.24) is 5.32 Å². The van der Waals surface area contributed by atoms with Crippen LogP contribution in [0.4, 0.5) is 0 Å². The summed E-state index contributed by atoms with van der Waals surface area (Å²) in [6.45, 7) is 4.74. The minimum atomic E-state index is -0.250. The first-order chi connectivity index (χ1) is 12.0. The lowest BCUT2D eigenvalue weighted by Gasteiger charge is -2.27. The molecule has 1 aliphatic rings. The first kappa shape index (κ1) is 21.2. The molecule has 25 heavy (non-hydrogen) atoms. The fourth-order valence-electron chi connectivity index (χ4n) is 2.69. The molecule has 0 amide bonds. The van der Waals surface area contributed by atoms with Gasteiger partial charge in [-0.3, -0.25) is 4.79 Å². The van der Waals surface area contributed by atoms with Gasteiger partial charge in [-0.05, 0) is 31.4 Å². The monoisotopic (exact) mass is 411 g/mol. The van der Waals surface area contributed by atoms with E-state index in [1.54, 1.807) is 0 Å². The fourth-order valence-corrected chi connectivity index (χ4v) is 3.25. The Morgan fingerprint density at radius 1 is 1.24 bits per heavy atom. The van der Waals surface area contributed by atoms with Gasteiger partial charge in [0.05, 0.1) is 19.8 Å². The van der Waals surface area contributed by atoms with E-state index >= 15 is 0 Å². The second-order valence-corrected chi connectivity index (χ2v) is 6.50. The number of hydrogen-bond acceptors (Lipinski definition) is 5. The van der Waals surface area contributed by atoms with Gasteiger partial charge >= 0.3 is 11.9 Å². The molecule has 1 N–H and O–H groups in total. The van der Waals surface area contributed by atoms with Crippen LogP contribution in [0, 0.1) is 0 Å². The van der Waals surface area contributed by atoms with Crippen molar-refractivity contribution in [2.75, 3.05) is 20.8 Å². The summed E-state index contributed by atoms with van der Waals surface area (Å²) in [4.78, 5) is 22.1. The van der Waals surface area contributed by atoms with Crippen LogP contribution in [0.15, 0.2) is 40.0 Å². The van der Waals surface area contributed by atoms with E-state index in [0.29, 0.717) is 6.42 Å². The number of rotatable bonds is 4. The van der Waals surface area contributed by atoms with Gasteiger partial charge < -0.3 is 14.8 Å². The lowest BCUT2D eigenvalue weighted by molar-refractivity contribution is -0.140. The highest BCUT2D eigenvalue weighted by Gasteiger charge is 2.29. The van der Waals surface area contributed by atoms with Crippen LogP contribution in [0.2, 0.25) is 0 Å². The molecule has 1 aliphatic heterocycles. The zero-order chi connectivity index (χ0) is 18.8. The van der Waals surface area contributed by atoms with E-state index in [1.165, 1.54) is 14.2 Å². The minimum absolute atomic E-state index is 0.0919. The molecular formula is C19H26BrNO4. The number of benzene rings is 1. The van der Waals surface area contributed by atoms with Crippen molar-refractivity contribution in [3.8, 4) is 0 Å². The van der Waals surface area contributed by atoms with Crippen molar-refractivity contribution in [3.05, 3.63) is 45.6 Å².